The first-order chi connectivity index (χ1) is 7.15. The molecule has 15 heavy (non-hydrogen) atoms. The molecule has 1 rings (SSSR count). The highest BCUT2D eigenvalue weighted by atomic mass is 16.4. The minimum absolute atomic E-state index is 0.00366. The van der Waals surface area contributed by atoms with E-state index in [1.807, 2.05) is 4.90 Å². The fourth-order valence-electron chi connectivity index (χ4n) is 2.11. The molecule has 4 nitrogen and oxygen atoms in total. The Kier molecular flexibility index (Phi) is 4.59. The van der Waals surface area contributed by atoms with E-state index in [4.69, 9.17) is 5.11 Å². The molecular formula is C11H19NO3. The van der Waals surface area contributed by atoms with Crippen molar-refractivity contribution in [3.8, 4) is 0 Å². The lowest BCUT2D eigenvalue weighted by atomic mass is 9.99. The van der Waals surface area contributed by atoms with Crippen molar-refractivity contribution in [2.75, 3.05) is 6.54 Å². The first kappa shape index (κ1) is 12.0. The predicted octanol–water partition coefficient (Wildman–Crippen LogP) is 1.64. The normalized spacial score (nSPS) is 21.4. The summed E-state index contributed by atoms with van der Waals surface area (Å²) < 4.78 is 0. The summed E-state index contributed by atoms with van der Waals surface area (Å²) in [6.07, 6.45) is 4.36. The van der Waals surface area contributed by atoms with Gasteiger partial charge in [-0.15, -0.1) is 0 Å². The Bertz CT molecular complexity index is 240. The maximum atomic E-state index is 11.7. The van der Waals surface area contributed by atoms with E-state index < -0.39 is 5.97 Å². The second-order valence-electron chi connectivity index (χ2n) is 4.04. The third-order valence-electron chi connectivity index (χ3n) is 2.97. The van der Waals surface area contributed by atoms with Gasteiger partial charge in [0.05, 0.1) is 6.42 Å². The van der Waals surface area contributed by atoms with Gasteiger partial charge in [0.15, 0.2) is 0 Å². The van der Waals surface area contributed by atoms with E-state index in [0.717, 1.165) is 25.8 Å². The van der Waals surface area contributed by atoms with E-state index in [1.165, 1.54) is 6.42 Å². The van der Waals surface area contributed by atoms with Crippen LogP contribution >= 0.6 is 0 Å². The van der Waals surface area contributed by atoms with Crippen molar-refractivity contribution in [3.05, 3.63) is 0 Å². The first-order valence-corrected chi connectivity index (χ1v) is 5.66. The summed E-state index contributed by atoms with van der Waals surface area (Å²) in [6, 6.07) is 0.333. The number of carbonyl (C=O) groups excluding carboxylic acids is 1. The van der Waals surface area contributed by atoms with E-state index in [9.17, 15) is 9.59 Å². The third kappa shape index (κ3) is 3.53. The topological polar surface area (TPSA) is 57.6 Å². The molecule has 1 aliphatic rings. The third-order valence-corrected chi connectivity index (χ3v) is 2.97. The van der Waals surface area contributed by atoms with E-state index >= 15 is 0 Å². The molecule has 1 amide bonds. The molecule has 0 saturated carbocycles. The molecule has 0 aliphatic carbocycles. The van der Waals surface area contributed by atoms with Crippen molar-refractivity contribution >= 4 is 11.9 Å². The highest BCUT2D eigenvalue weighted by molar-refractivity contribution is 5.81. The van der Waals surface area contributed by atoms with Gasteiger partial charge < -0.3 is 10.0 Å². The van der Waals surface area contributed by atoms with E-state index in [2.05, 4.69) is 6.92 Å². The zero-order valence-electron chi connectivity index (χ0n) is 9.24. The van der Waals surface area contributed by atoms with Gasteiger partial charge in [-0.3, -0.25) is 9.59 Å². The number of rotatable bonds is 4. The second kappa shape index (κ2) is 5.73. The number of likely N-dealkylation sites (tertiary alicyclic amines) is 1. The average molecular weight is 213 g/mol. The molecule has 0 bridgehead atoms. The van der Waals surface area contributed by atoms with Crippen LogP contribution in [0.2, 0.25) is 0 Å². The number of piperidine rings is 1. The number of carbonyl (C=O) groups is 2. The molecule has 0 aromatic rings. The highest BCUT2D eigenvalue weighted by Crippen LogP contribution is 2.20. The van der Waals surface area contributed by atoms with E-state index in [1.54, 1.807) is 0 Å². The molecule has 0 spiro atoms. The second-order valence-corrected chi connectivity index (χ2v) is 4.04. The lowest BCUT2D eigenvalue weighted by Gasteiger charge is -2.35. The van der Waals surface area contributed by atoms with Crippen molar-refractivity contribution in [2.45, 2.75) is 51.5 Å². The number of carboxylic acids is 1. The summed E-state index contributed by atoms with van der Waals surface area (Å²) in [5, 5.41) is 8.51. The summed E-state index contributed by atoms with van der Waals surface area (Å²) in [7, 11) is 0. The molecule has 1 aliphatic heterocycles. The summed E-state index contributed by atoms with van der Waals surface area (Å²) in [4.78, 5) is 24.0. The molecule has 1 unspecified atom stereocenters. The zero-order valence-corrected chi connectivity index (χ0v) is 9.24. The molecule has 4 heteroatoms. The Morgan fingerprint density at radius 1 is 1.33 bits per heavy atom. The van der Waals surface area contributed by atoms with Crippen LogP contribution in [-0.2, 0) is 9.59 Å². The monoisotopic (exact) mass is 213 g/mol. The van der Waals surface area contributed by atoms with Crippen LogP contribution in [0.4, 0.5) is 0 Å². The Morgan fingerprint density at radius 3 is 2.67 bits per heavy atom. The molecule has 1 heterocycles. The van der Waals surface area contributed by atoms with Crippen molar-refractivity contribution < 1.29 is 14.7 Å². The van der Waals surface area contributed by atoms with Crippen LogP contribution in [0.25, 0.3) is 0 Å². The lowest BCUT2D eigenvalue weighted by Crippen LogP contribution is -2.43. The van der Waals surface area contributed by atoms with Gasteiger partial charge >= 0.3 is 5.97 Å². The summed E-state index contributed by atoms with van der Waals surface area (Å²) in [5.74, 6) is -0.891. The van der Waals surface area contributed by atoms with Gasteiger partial charge in [-0.25, -0.2) is 0 Å². The molecule has 86 valence electrons. The average Bonchev–Trinajstić information content (AvgIpc) is 2.25. The van der Waals surface area contributed by atoms with Crippen LogP contribution in [0.3, 0.4) is 0 Å². The number of carboxylic acid groups (broad SMARTS) is 1. The Labute approximate surface area is 90.3 Å². The van der Waals surface area contributed by atoms with Crippen molar-refractivity contribution in [2.24, 2.45) is 0 Å². The van der Waals surface area contributed by atoms with Crippen molar-refractivity contribution in [1.29, 1.82) is 0 Å². The standard InChI is InChI=1S/C11H19NO3/c1-2-9-5-3-4-8-12(9)10(13)6-7-11(14)15/h9H,2-8H2,1H3,(H,14,15). The SMILES string of the molecule is CCC1CCCCN1C(=O)CCC(=O)O. The summed E-state index contributed by atoms with van der Waals surface area (Å²) in [5.41, 5.74) is 0. The maximum absolute atomic E-state index is 11.7. The smallest absolute Gasteiger partial charge is 0.303 e. The number of hydrogen-bond donors (Lipinski definition) is 1. The molecule has 0 radical (unpaired) electrons. The van der Waals surface area contributed by atoms with Crippen molar-refractivity contribution in [1.82, 2.24) is 4.90 Å². The summed E-state index contributed by atoms with van der Waals surface area (Å²) >= 11 is 0. The fraction of sp³-hybridized carbons (Fsp3) is 0.818. The van der Waals surface area contributed by atoms with Crippen molar-refractivity contribution in [3.63, 3.8) is 0 Å². The Hall–Kier alpha value is -1.06. The molecular weight excluding hydrogens is 194 g/mol. The number of hydrogen-bond acceptors (Lipinski definition) is 2. The molecule has 0 aromatic carbocycles. The lowest BCUT2D eigenvalue weighted by molar-refractivity contribution is -0.142. The van der Waals surface area contributed by atoms with Crippen LogP contribution < -0.4 is 0 Å². The van der Waals surface area contributed by atoms with Crippen LogP contribution in [0, 0.1) is 0 Å². The number of aliphatic carboxylic acids is 1. The highest BCUT2D eigenvalue weighted by Gasteiger charge is 2.24. The van der Waals surface area contributed by atoms with Crippen LogP contribution in [0.5, 0.6) is 0 Å². The van der Waals surface area contributed by atoms with Gasteiger partial charge in [-0.05, 0) is 25.7 Å². The van der Waals surface area contributed by atoms with Gasteiger partial charge in [-0.2, -0.15) is 0 Å². The largest absolute Gasteiger partial charge is 0.481 e. The zero-order chi connectivity index (χ0) is 11.3. The van der Waals surface area contributed by atoms with Crippen LogP contribution in [-0.4, -0.2) is 34.5 Å². The number of amides is 1. The quantitative estimate of drug-likeness (QED) is 0.772. The van der Waals surface area contributed by atoms with Crippen LogP contribution in [0.15, 0.2) is 0 Å². The Morgan fingerprint density at radius 2 is 2.07 bits per heavy atom. The molecule has 1 fully saturated rings. The Balaban J connectivity index is 2.44. The minimum Gasteiger partial charge on any atom is -0.481 e. The maximum Gasteiger partial charge on any atom is 0.303 e. The van der Waals surface area contributed by atoms with Gasteiger partial charge in [0.25, 0.3) is 0 Å². The van der Waals surface area contributed by atoms with E-state index in [-0.39, 0.29) is 18.7 Å². The van der Waals surface area contributed by atoms with Gasteiger partial charge in [0.2, 0.25) is 5.91 Å². The minimum atomic E-state index is -0.895. The first-order valence-electron chi connectivity index (χ1n) is 5.66. The van der Waals surface area contributed by atoms with Crippen LogP contribution in [0.1, 0.15) is 45.4 Å². The number of nitrogens with zero attached hydrogens (tertiary/aromatic N) is 1. The summed E-state index contributed by atoms with van der Waals surface area (Å²) in [6.45, 7) is 2.88. The molecule has 1 saturated heterocycles. The fourth-order valence-corrected chi connectivity index (χ4v) is 2.11. The van der Waals surface area contributed by atoms with Gasteiger partial charge in [-0.1, -0.05) is 6.92 Å². The molecule has 1 atom stereocenters. The molecule has 1 N–H and O–H groups in total. The predicted molar refractivity (Wildman–Crippen MR) is 56.5 cm³/mol. The van der Waals surface area contributed by atoms with Gasteiger partial charge in [0.1, 0.15) is 0 Å². The van der Waals surface area contributed by atoms with E-state index in [0.29, 0.717) is 6.04 Å². The van der Waals surface area contributed by atoms with Gasteiger partial charge in [0, 0.05) is 19.0 Å². The molecule has 0 aromatic heterocycles.